The van der Waals surface area contributed by atoms with Crippen molar-refractivity contribution in [3.63, 3.8) is 0 Å². The lowest BCUT2D eigenvalue weighted by Gasteiger charge is -2.19. The van der Waals surface area contributed by atoms with Crippen molar-refractivity contribution in [3.05, 3.63) is 282 Å². The number of rotatable bonds is 9. The van der Waals surface area contributed by atoms with E-state index in [-0.39, 0.29) is 0 Å². The van der Waals surface area contributed by atoms with Crippen molar-refractivity contribution in [2.24, 2.45) is 0 Å². The first kappa shape index (κ1) is 49.8. The van der Waals surface area contributed by atoms with Crippen LogP contribution in [0.25, 0.3) is 143 Å². The van der Waals surface area contributed by atoms with Crippen LogP contribution in [0, 0.1) is 47.1 Å². The lowest BCUT2D eigenvalue weighted by Crippen LogP contribution is -2.04. The molecule has 0 N–H and O–H groups in total. The lowest BCUT2D eigenvalue weighted by atomic mass is 9.94. The Morgan fingerprint density at radius 3 is 1.38 bits per heavy atom. The highest BCUT2D eigenvalue weighted by molar-refractivity contribution is 6.13. The highest BCUT2D eigenvalue weighted by Gasteiger charge is 2.24. The van der Waals surface area contributed by atoms with Gasteiger partial charge in [-0.15, -0.1) is 0 Å². The van der Waals surface area contributed by atoms with E-state index >= 15 is 0 Å². The topological polar surface area (TPSA) is 129 Å². The highest BCUT2D eigenvalue weighted by Crippen LogP contribution is 2.45. The molecule has 0 fully saturated rings. The van der Waals surface area contributed by atoms with E-state index in [1.807, 2.05) is 133 Å². The van der Waals surface area contributed by atoms with E-state index in [9.17, 15) is 15.8 Å². The van der Waals surface area contributed by atoms with Crippen LogP contribution in [0.15, 0.2) is 243 Å². The Balaban J connectivity index is 1.05. The van der Waals surface area contributed by atoms with Crippen LogP contribution in [-0.2, 0) is 0 Å². The van der Waals surface area contributed by atoms with Crippen LogP contribution in [-0.4, -0.2) is 24.1 Å². The fourth-order valence-corrected chi connectivity index (χ4v) is 11.6. The molecule has 0 aliphatic rings. The van der Waals surface area contributed by atoms with Crippen LogP contribution in [0.1, 0.15) is 16.7 Å². The number of hydrogen-bond donors (Lipinski definition) is 0. The molecule has 0 aliphatic carbocycles. The Hall–Kier alpha value is -12.5. The molecule has 0 saturated heterocycles. The molecule has 0 bridgehead atoms. The summed E-state index contributed by atoms with van der Waals surface area (Å²) in [6.07, 6.45) is 0. The van der Waals surface area contributed by atoms with Gasteiger partial charge in [0, 0.05) is 43.8 Å². The van der Waals surface area contributed by atoms with E-state index in [1.165, 1.54) is 0 Å². The van der Waals surface area contributed by atoms with Gasteiger partial charge in [0.1, 0.15) is 0 Å². The van der Waals surface area contributed by atoms with E-state index in [0.717, 1.165) is 116 Å². The Kier molecular flexibility index (Phi) is 12.2. The van der Waals surface area contributed by atoms with Crippen molar-refractivity contribution in [2.45, 2.75) is 0 Å². The van der Waals surface area contributed by atoms with Gasteiger partial charge < -0.3 is 9.13 Å². The van der Waals surface area contributed by atoms with Gasteiger partial charge in [-0.2, -0.15) is 15.8 Å². The zero-order valence-electron chi connectivity index (χ0n) is 44.6. The molecule has 0 atom stereocenters. The minimum Gasteiger partial charge on any atom is -0.309 e. The fourth-order valence-electron chi connectivity index (χ4n) is 11.6. The quantitative estimate of drug-likeness (QED) is 0.132. The Morgan fingerprint density at radius 1 is 0.321 bits per heavy atom. The third-order valence-electron chi connectivity index (χ3n) is 15.5. The number of nitriles is 3. The summed E-state index contributed by atoms with van der Waals surface area (Å²) in [6.45, 7) is 15.7. The average Bonchev–Trinajstić information content (AvgIpc) is 2.12. The molecule has 0 spiro atoms. The largest absolute Gasteiger partial charge is 0.309 e. The first-order valence-corrected chi connectivity index (χ1v) is 27.0. The minimum atomic E-state index is 0.410. The standard InChI is InChI=1S/C74H40N10/c1-78-56-30-32-58(65(42-56)79-2)53-28-35-70-63(40-53)60-18-10-12-20-67(60)84(70)71-36-29-54(41-64(71)74-81-72(49-13-5-3-6-14-49)80-73(82-74)50-15-7-4-8-16-50)61-38-51(48-24-21-46(43-75)22-25-48)26-33-68(61)83-66-19-11-9-17-59(66)62-39-52(27-34-69(62)83)57-31-23-47(44-76)37-55(57)45-77/h3-42H. The molecule has 0 unspecified atom stereocenters. The van der Waals surface area contributed by atoms with Crippen molar-refractivity contribution in [3.8, 4) is 108 Å². The Labute approximate surface area is 482 Å². The zero-order valence-corrected chi connectivity index (χ0v) is 44.6. The summed E-state index contributed by atoms with van der Waals surface area (Å²) in [7, 11) is 0. The molecule has 0 amide bonds. The number of nitrogens with zero attached hydrogens (tertiary/aromatic N) is 10. The van der Waals surface area contributed by atoms with E-state index in [4.69, 9.17) is 28.1 Å². The summed E-state index contributed by atoms with van der Waals surface area (Å²) < 4.78 is 4.57. The van der Waals surface area contributed by atoms with Crippen LogP contribution >= 0.6 is 0 Å². The van der Waals surface area contributed by atoms with E-state index in [2.05, 4.69) is 122 Å². The van der Waals surface area contributed by atoms with Gasteiger partial charge in [0.25, 0.3) is 0 Å². The summed E-state index contributed by atoms with van der Waals surface area (Å²) >= 11 is 0. The number of hydrogen-bond acceptors (Lipinski definition) is 6. The van der Waals surface area contributed by atoms with Gasteiger partial charge in [-0.1, -0.05) is 158 Å². The van der Waals surface area contributed by atoms with Crippen molar-refractivity contribution < 1.29 is 0 Å². The molecule has 3 aromatic heterocycles. The molecule has 14 rings (SSSR count). The lowest BCUT2D eigenvalue weighted by molar-refractivity contribution is 1.06. The number of fused-ring (bicyclic) bond motifs is 6. The molecule has 0 aliphatic heterocycles. The van der Waals surface area contributed by atoms with Crippen LogP contribution in [0.2, 0.25) is 0 Å². The molecule has 0 radical (unpaired) electrons. The number of aromatic nitrogens is 5. The second-order valence-electron chi connectivity index (χ2n) is 20.3. The van der Waals surface area contributed by atoms with Crippen molar-refractivity contribution >= 4 is 55.0 Å². The van der Waals surface area contributed by atoms with Gasteiger partial charge in [-0.25, -0.2) is 24.6 Å². The third kappa shape index (κ3) is 8.53. The van der Waals surface area contributed by atoms with Gasteiger partial charge in [0.05, 0.1) is 81.5 Å². The normalized spacial score (nSPS) is 11.0. The molecule has 10 nitrogen and oxygen atoms in total. The molecule has 3 heterocycles. The predicted octanol–water partition coefficient (Wildman–Crippen LogP) is 18.5. The maximum absolute atomic E-state index is 10.3. The van der Waals surface area contributed by atoms with Gasteiger partial charge in [-0.3, -0.25) is 0 Å². The maximum atomic E-state index is 10.3. The molecule has 84 heavy (non-hydrogen) atoms. The SMILES string of the molecule is [C-]#[N+]c1ccc(-c2ccc3c(c2)c2ccccc2n3-c2ccc(-c3cc(-c4ccc(C#N)cc4)ccc3-n3c4ccccc4c4cc(-c5ccc(C#N)cc5C#N)ccc43)cc2-c2nc(-c3ccccc3)nc(-c3ccccc3)n2)c([N+]#[C-])c1. The number of para-hydroxylation sites is 2. The van der Waals surface area contributed by atoms with Crippen molar-refractivity contribution in [1.29, 1.82) is 15.8 Å². The molecule has 10 heteroatoms. The van der Waals surface area contributed by atoms with E-state index in [0.29, 0.717) is 45.5 Å². The van der Waals surface area contributed by atoms with Gasteiger partial charge in [0.15, 0.2) is 28.8 Å². The molecule has 386 valence electrons. The first-order chi connectivity index (χ1) is 41.4. The average molecular weight is 1070 g/mol. The molecular weight excluding hydrogens is 1030 g/mol. The summed E-state index contributed by atoms with van der Waals surface area (Å²) in [5, 5.41) is 33.8. The zero-order chi connectivity index (χ0) is 56.8. The molecular formula is C74H40N10. The third-order valence-corrected chi connectivity index (χ3v) is 15.5. The number of benzene rings is 11. The summed E-state index contributed by atoms with van der Waals surface area (Å²) in [5.41, 5.74) is 17.0. The predicted molar refractivity (Wildman–Crippen MR) is 333 cm³/mol. The Morgan fingerprint density at radius 2 is 0.798 bits per heavy atom. The summed E-state index contributed by atoms with van der Waals surface area (Å²) in [5.74, 6) is 1.48. The summed E-state index contributed by atoms with van der Waals surface area (Å²) in [6, 6.07) is 87.0. The van der Waals surface area contributed by atoms with Crippen molar-refractivity contribution in [2.75, 3.05) is 0 Å². The van der Waals surface area contributed by atoms with Gasteiger partial charge in [-0.05, 0) is 124 Å². The van der Waals surface area contributed by atoms with Crippen LogP contribution in [0.3, 0.4) is 0 Å². The van der Waals surface area contributed by atoms with E-state index < -0.39 is 0 Å². The molecule has 14 aromatic rings. The van der Waals surface area contributed by atoms with Gasteiger partial charge in [0.2, 0.25) is 0 Å². The second-order valence-corrected chi connectivity index (χ2v) is 20.3. The molecule has 0 saturated carbocycles. The van der Waals surface area contributed by atoms with E-state index in [1.54, 1.807) is 24.3 Å². The highest BCUT2D eigenvalue weighted by atomic mass is 15.1. The summed E-state index contributed by atoms with van der Waals surface area (Å²) in [4.78, 5) is 23.3. The first-order valence-electron chi connectivity index (χ1n) is 27.0. The monoisotopic (exact) mass is 1070 g/mol. The van der Waals surface area contributed by atoms with Crippen LogP contribution in [0.5, 0.6) is 0 Å². The van der Waals surface area contributed by atoms with Crippen LogP contribution < -0.4 is 0 Å². The smallest absolute Gasteiger partial charge is 0.184 e. The van der Waals surface area contributed by atoms with Gasteiger partial charge >= 0.3 is 0 Å². The van der Waals surface area contributed by atoms with Crippen molar-refractivity contribution in [1.82, 2.24) is 24.1 Å². The maximum Gasteiger partial charge on any atom is 0.184 e. The second kappa shape index (κ2) is 20.6. The Bertz CT molecular complexity index is 5190. The minimum absolute atomic E-state index is 0.410. The fraction of sp³-hybridized carbons (Fsp3) is 0. The molecule has 11 aromatic carbocycles. The van der Waals surface area contributed by atoms with Crippen LogP contribution in [0.4, 0.5) is 11.4 Å².